The standard InChI is InChI=1S/C8H14N4O2S/c13-15(14,12-7-1-2-7)11-4-3-8-5-9-6-10-8/h5-7,11-12H,1-4H2,(H,9,10). The summed E-state index contributed by atoms with van der Waals surface area (Å²) in [5, 5.41) is 0. The van der Waals surface area contributed by atoms with Gasteiger partial charge in [0, 0.05) is 30.9 Å². The fourth-order valence-electron chi connectivity index (χ4n) is 1.20. The molecule has 0 radical (unpaired) electrons. The smallest absolute Gasteiger partial charge is 0.277 e. The van der Waals surface area contributed by atoms with Crippen molar-refractivity contribution in [2.75, 3.05) is 6.54 Å². The minimum atomic E-state index is -3.31. The molecule has 6 nitrogen and oxygen atoms in total. The van der Waals surface area contributed by atoms with Gasteiger partial charge in [0.1, 0.15) is 0 Å². The second kappa shape index (κ2) is 4.30. The molecule has 0 atom stereocenters. The maximum atomic E-state index is 11.4. The van der Waals surface area contributed by atoms with E-state index in [1.54, 1.807) is 12.5 Å². The molecule has 0 spiro atoms. The van der Waals surface area contributed by atoms with Gasteiger partial charge in [0.2, 0.25) is 0 Å². The van der Waals surface area contributed by atoms with Gasteiger partial charge in [0.05, 0.1) is 6.33 Å². The minimum Gasteiger partial charge on any atom is -0.348 e. The maximum absolute atomic E-state index is 11.4. The molecule has 0 amide bonds. The lowest BCUT2D eigenvalue weighted by Crippen LogP contribution is -2.38. The third-order valence-electron chi connectivity index (χ3n) is 2.14. The molecule has 1 saturated carbocycles. The van der Waals surface area contributed by atoms with Gasteiger partial charge < -0.3 is 4.98 Å². The van der Waals surface area contributed by atoms with Crippen LogP contribution in [0.1, 0.15) is 18.5 Å². The SMILES string of the molecule is O=S(=O)(NCCc1cnc[nH]1)NC1CC1. The van der Waals surface area contributed by atoms with E-state index in [-0.39, 0.29) is 6.04 Å². The summed E-state index contributed by atoms with van der Waals surface area (Å²) in [5.74, 6) is 0. The van der Waals surface area contributed by atoms with E-state index >= 15 is 0 Å². The van der Waals surface area contributed by atoms with Crippen LogP contribution in [-0.2, 0) is 16.6 Å². The first kappa shape index (κ1) is 10.6. The molecule has 84 valence electrons. The highest BCUT2D eigenvalue weighted by atomic mass is 32.2. The normalized spacial score (nSPS) is 16.8. The van der Waals surface area contributed by atoms with E-state index in [1.165, 1.54) is 0 Å². The van der Waals surface area contributed by atoms with Crippen LogP contribution in [0, 0.1) is 0 Å². The highest BCUT2D eigenvalue weighted by molar-refractivity contribution is 7.87. The molecule has 2 rings (SSSR count). The second-order valence-electron chi connectivity index (χ2n) is 3.62. The minimum absolute atomic E-state index is 0.148. The number of hydrogen-bond acceptors (Lipinski definition) is 3. The number of rotatable bonds is 6. The molecule has 1 aliphatic rings. The van der Waals surface area contributed by atoms with Crippen molar-refractivity contribution in [3.63, 3.8) is 0 Å². The topological polar surface area (TPSA) is 86.9 Å². The van der Waals surface area contributed by atoms with Crippen molar-refractivity contribution in [2.24, 2.45) is 0 Å². The Labute approximate surface area is 88.7 Å². The van der Waals surface area contributed by atoms with Gasteiger partial charge in [0.15, 0.2) is 0 Å². The fraction of sp³-hybridized carbons (Fsp3) is 0.625. The summed E-state index contributed by atoms with van der Waals surface area (Å²) in [6, 6.07) is 0.148. The Balaban J connectivity index is 1.72. The van der Waals surface area contributed by atoms with E-state index in [0.29, 0.717) is 13.0 Å². The molecule has 1 fully saturated rings. The van der Waals surface area contributed by atoms with Crippen molar-refractivity contribution in [2.45, 2.75) is 25.3 Å². The van der Waals surface area contributed by atoms with Gasteiger partial charge >= 0.3 is 0 Å². The Morgan fingerprint density at radius 2 is 2.33 bits per heavy atom. The summed E-state index contributed by atoms with van der Waals surface area (Å²) in [7, 11) is -3.31. The van der Waals surface area contributed by atoms with E-state index in [0.717, 1.165) is 18.5 Å². The average Bonchev–Trinajstić information content (AvgIpc) is 2.81. The van der Waals surface area contributed by atoms with E-state index in [9.17, 15) is 8.42 Å². The molecule has 1 aromatic heterocycles. The largest absolute Gasteiger partial charge is 0.348 e. The summed E-state index contributed by atoms with van der Waals surface area (Å²) in [6.07, 6.45) is 5.77. The van der Waals surface area contributed by atoms with Crippen molar-refractivity contribution in [1.29, 1.82) is 0 Å². The lowest BCUT2D eigenvalue weighted by molar-refractivity contribution is 0.565. The van der Waals surface area contributed by atoms with E-state index in [2.05, 4.69) is 19.4 Å². The number of nitrogens with one attached hydrogen (secondary N) is 3. The fourth-order valence-corrected chi connectivity index (χ4v) is 2.33. The zero-order chi connectivity index (χ0) is 10.7. The Hall–Kier alpha value is -0.920. The third kappa shape index (κ3) is 3.61. The average molecular weight is 230 g/mol. The molecular formula is C8H14N4O2S. The molecule has 0 saturated heterocycles. The van der Waals surface area contributed by atoms with Crippen LogP contribution in [0.25, 0.3) is 0 Å². The molecule has 1 aromatic rings. The third-order valence-corrected chi connectivity index (χ3v) is 3.37. The molecule has 0 aromatic carbocycles. The summed E-state index contributed by atoms with van der Waals surface area (Å²) in [5.41, 5.74) is 0.920. The van der Waals surface area contributed by atoms with Crippen LogP contribution in [0.3, 0.4) is 0 Å². The summed E-state index contributed by atoms with van der Waals surface area (Å²) >= 11 is 0. The highest BCUT2D eigenvalue weighted by Gasteiger charge is 2.26. The van der Waals surface area contributed by atoms with Gasteiger partial charge in [0.25, 0.3) is 10.2 Å². The lowest BCUT2D eigenvalue weighted by atomic mass is 10.3. The molecule has 15 heavy (non-hydrogen) atoms. The Morgan fingerprint density at radius 3 is 2.93 bits per heavy atom. The highest BCUT2D eigenvalue weighted by Crippen LogP contribution is 2.19. The molecule has 1 aliphatic carbocycles. The Bertz CT molecular complexity index is 396. The predicted octanol–water partition coefficient (Wildman–Crippen LogP) is -0.461. The van der Waals surface area contributed by atoms with Gasteiger partial charge in [-0.15, -0.1) is 0 Å². The first-order valence-electron chi connectivity index (χ1n) is 4.90. The molecule has 3 N–H and O–H groups in total. The quantitative estimate of drug-likeness (QED) is 0.618. The molecular weight excluding hydrogens is 216 g/mol. The lowest BCUT2D eigenvalue weighted by Gasteiger charge is -2.05. The summed E-state index contributed by atoms with van der Waals surface area (Å²) < 4.78 is 27.8. The summed E-state index contributed by atoms with van der Waals surface area (Å²) in [6.45, 7) is 0.379. The monoisotopic (exact) mass is 230 g/mol. The van der Waals surface area contributed by atoms with Crippen LogP contribution >= 0.6 is 0 Å². The van der Waals surface area contributed by atoms with Crippen molar-refractivity contribution in [3.8, 4) is 0 Å². The van der Waals surface area contributed by atoms with Gasteiger partial charge in [-0.25, -0.2) is 9.71 Å². The van der Waals surface area contributed by atoms with Gasteiger partial charge in [-0.2, -0.15) is 13.1 Å². The van der Waals surface area contributed by atoms with Gasteiger partial charge in [-0.3, -0.25) is 0 Å². The van der Waals surface area contributed by atoms with Crippen LogP contribution in [0.2, 0.25) is 0 Å². The molecule has 0 aliphatic heterocycles. The first-order valence-corrected chi connectivity index (χ1v) is 6.38. The molecule has 1 heterocycles. The zero-order valence-corrected chi connectivity index (χ0v) is 9.05. The predicted molar refractivity (Wildman–Crippen MR) is 55.4 cm³/mol. The molecule has 7 heteroatoms. The van der Waals surface area contributed by atoms with Crippen LogP contribution in [-0.4, -0.2) is 31.0 Å². The second-order valence-corrected chi connectivity index (χ2v) is 5.15. The van der Waals surface area contributed by atoms with Crippen molar-refractivity contribution < 1.29 is 8.42 Å². The molecule has 0 bridgehead atoms. The van der Waals surface area contributed by atoms with Crippen molar-refractivity contribution in [3.05, 3.63) is 18.2 Å². The number of imidazole rings is 1. The van der Waals surface area contributed by atoms with E-state index < -0.39 is 10.2 Å². The van der Waals surface area contributed by atoms with Gasteiger partial charge in [-0.05, 0) is 12.8 Å². The van der Waals surface area contributed by atoms with Crippen molar-refractivity contribution >= 4 is 10.2 Å². The maximum Gasteiger partial charge on any atom is 0.277 e. The number of aromatic amines is 1. The van der Waals surface area contributed by atoms with Crippen LogP contribution in [0.4, 0.5) is 0 Å². The number of aromatic nitrogens is 2. The van der Waals surface area contributed by atoms with Crippen molar-refractivity contribution in [1.82, 2.24) is 19.4 Å². The zero-order valence-electron chi connectivity index (χ0n) is 8.23. The van der Waals surface area contributed by atoms with E-state index in [4.69, 9.17) is 0 Å². The Morgan fingerprint density at radius 1 is 1.53 bits per heavy atom. The first-order chi connectivity index (χ1) is 7.16. The number of hydrogen-bond donors (Lipinski definition) is 3. The number of H-pyrrole nitrogens is 1. The molecule has 0 unspecified atom stereocenters. The van der Waals surface area contributed by atoms with Crippen LogP contribution in [0.5, 0.6) is 0 Å². The summed E-state index contributed by atoms with van der Waals surface area (Å²) in [4.78, 5) is 6.76. The van der Waals surface area contributed by atoms with Gasteiger partial charge in [-0.1, -0.05) is 0 Å². The van der Waals surface area contributed by atoms with E-state index in [1.807, 2.05) is 0 Å². The van der Waals surface area contributed by atoms with Crippen LogP contribution < -0.4 is 9.44 Å². The number of nitrogens with zero attached hydrogens (tertiary/aromatic N) is 1. The van der Waals surface area contributed by atoms with Crippen LogP contribution in [0.15, 0.2) is 12.5 Å². The Kier molecular flexibility index (Phi) is 3.03.